The molecule has 9 heavy (non-hydrogen) atoms. The lowest BCUT2D eigenvalue weighted by molar-refractivity contribution is 0.856. The summed E-state index contributed by atoms with van der Waals surface area (Å²) in [6.45, 7) is 2.02. The molecule has 0 aromatic heterocycles. The molecule has 0 heterocycles. The Bertz CT molecular complexity index is 143. The zero-order valence-corrected chi connectivity index (χ0v) is 5.80. The van der Waals surface area contributed by atoms with Gasteiger partial charge < -0.3 is 5.73 Å². The van der Waals surface area contributed by atoms with Gasteiger partial charge in [0.1, 0.15) is 0 Å². The third-order valence-corrected chi connectivity index (χ3v) is 1.55. The van der Waals surface area contributed by atoms with Crippen LogP contribution in [-0.4, -0.2) is 6.04 Å². The van der Waals surface area contributed by atoms with Gasteiger partial charge in [0.15, 0.2) is 0 Å². The smallest absolute Gasteiger partial charge is 0.0262 e. The predicted octanol–water partition coefficient (Wildman–Crippen LogP) is 1.61. The van der Waals surface area contributed by atoms with Crippen molar-refractivity contribution in [2.75, 3.05) is 0 Å². The van der Waals surface area contributed by atoms with Crippen molar-refractivity contribution in [3.63, 3.8) is 0 Å². The fourth-order valence-electron chi connectivity index (χ4n) is 0.971. The summed E-state index contributed by atoms with van der Waals surface area (Å²) in [5.41, 5.74) is 6.93. The molecule has 50 valence electrons. The SMILES string of the molecule is CC(N)C1=CCCC=C1. The summed E-state index contributed by atoms with van der Waals surface area (Å²) in [7, 11) is 0. The fraction of sp³-hybridized carbons (Fsp3) is 0.500. The van der Waals surface area contributed by atoms with Gasteiger partial charge in [-0.25, -0.2) is 0 Å². The minimum atomic E-state index is 0.210. The molecule has 1 aliphatic carbocycles. The van der Waals surface area contributed by atoms with E-state index in [9.17, 15) is 0 Å². The van der Waals surface area contributed by atoms with E-state index in [1.54, 1.807) is 0 Å². The topological polar surface area (TPSA) is 26.0 Å². The molecule has 0 aromatic carbocycles. The fourth-order valence-corrected chi connectivity index (χ4v) is 0.971. The Kier molecular flexibility index (Phi) is 2.06. The Morgan fingerprint density at radius 3 is 2.67 bits per heavy atom. The molecule has 1 rings (SSSR count). The van der Waals surface area contributed by atoms with Crippen molar-refractivity contribution in [1.29, 1.82) is 0 Å². The van der Waals surface area contributed by atoms with Crippen molar-refractivity contribution in [1.82, 2.24) is 0 Å². The number of nitrogens with two attached hydrogens (primary N) is 1. The van der Waals surface area contributed by atoms with Crippen LogP contribution in [0, 0.1) is 0 Å². The zero-order valence-electron chi connectivity index (χ0n) is 5.80. The third kappa shape index (κ3) is 1.68. The Labute approximate surface area is 56.2 Å². The van der Waals surface area contributed by atoms with Crippen LogP contribution in [0.4, 0.5) is 0 Å². The third-order valence-electron chi connectivity index (χ3n) is 1.55. The molecular formula is C8H13N. The van der Waals surface area contributed by atoms with E-state index in [1.165, 1.54) is 12.0 Å². The van der Waals surface area contributed by atoms with Gasteiger partial charge in [-0.1, -0.05) is 18.2 Å². The molecule has 0 amide bonds. The van der Waals surface area contributed by atoms with Gasteiger partial charge in [0.05, 0.1) is 0 Å². The summed E-state index contributed by atoms with van der Waals surface area (Å²) in [5.74, 6) is 0. The first kappa shape index (κ1) is 6.56. The van der Waals surface area contributed by atoms with Gasteiger partial charge in [0.25, 0.3) is 0 Å². The van der Waals surface area contributed by atoms with E-state index in [1.807, 2.05) is 6.92 Å². The Morgan fingerprint density at radius 2 is 2.33 bits per heavy atom. The Hall–Kier alpha value is -0.560. The molecule has 1 aliphatic rings. The summed E-state index contributed by atoms with van der Waals surface area (Å²) in [6.07, 6.45) is 8.85. The summed E-state index contributed by atoms with van der Waals surface area (Å²) in [5, 5.41) is 0. The maximum absolute atomic E-state index is 5.65. The van der Waals surface area contributed by atoms with Crippen LogP contribution in [-0.2, 0) is 0 Å². The molecule has 0 saturated carbocycles. The van der Waals surface area contributed by atoms with Crippen LogP contribution in [0.2, 0.25) is 0 Å². The molecule has 0 fully saturated rings. The first-order valence-electron chi connectivity index (χ1n) is 3.43. The van der Waals surface area contributed by atoms with Crippen LogP contribution in [0.15, 0.2) is 23.8 Å². The van der Waals surface area contributed by atoms with E-state index in [4.69, 9.17) is 5.73 Å². The maximum Gasteiger partial charge on any atom is 0.0262 e. The number of rotatable bonds is 1. The molecule has 0 bridgehead atoms. The van der Waals surface area contributed by atoms with E-state index >= 15 is 0 Å². The lowest BCUT2D eigenvalue weighted by Gasteiger charge is -2.09. The molecule has 1 atom stereocenters. The molecular weight excluding hydrogens is 110 g/mol. The number of allylic oxidation sites excluding steroid dienone is 2. The van der Waals surface area contributed by atoms with Gasteiger partial charge in [0.2, 0.25) is 0 Å². The molecule has 1 nitrogen and oxygen atoms in total. The quantitative estimate of drug-likeness (QED) is 0.563. The zero-order chi connectivity index (χ0) is 6.69. The lowest BCUT2D eigenvalue weighted by atomic mass is 10.0. The van der Waals surface area contributed by atoms with Gasteiger partial charge in [-0.3, -0.25) is 0 Å². The highest BCUT2D eigenvalue weighted by Gasteiger charge is 2.00. The van der Waals surface area contributed by atoms with Crippen molar-refractivity contribution < 1.29 is 0 Å². The normalized spacial score (nSPS) is 21.3. The van der Waals surface area contributed by atoms with E-state index in [0.29, 0.717) is 0 Å². The second-order valence-corrected chi connectivity index (χ2v) is 2.47. The molecule has 0 saturated heterocycles. The summed E-state index contributed by atoms with van der Waals surface area (Å²) >= 11 is 0. The number of hydrogen-bond acceptors (Lipinski definition) is 1. The Balaban J connectivity index is 2.58. The molecule has 1 heteroatoms. The monoisotopic (exact) mass is 123 g/mol. The van der Waals surface area contributed by atoms with Crippen LogP contribution in [0.1, 0.15) is 19.8 Å². The van der Waals surface area contributed by atoms with Crippen LogP contribution in [0.3, 0.4) is 0 Å². The minimum absolute atomic E-state index is 0.210. The summed E-state index contributed by atoms with van der Waals surface area (Å²) in [6, 6.07) is 0.210. The first-order chi connectivity index (χ1) is 4.30. The van der Waals surface area contributed by atoms with Crippen molar-refractivity contribution in [3.8, 4) is 0 Å². The highest BCUT2D eigenvalue weighted by atomic mass is 14.6. The molecule has 0 aliphatic heterocycles. The molecule has 2 N–H and O–H groups in total. The number of hydrogen-bond donors (Lipinski definition) is 1. The first-order valence-corrected chi connectivity index (χ1v) is 3.43. The molecule has 0 spiro atoms. The molecule has 1 unspecified atom stereocenters. The maximum atomic E-state index is 5.65. The van der Waals surface area contributed by atoms with Crippen LogP contribution in [0.5, 0.6) is 0 Å². The molecule has 0 aromatic rings. The molecule has 0 radical (unpaired) electrons. The van der Waals surface area contributed by atoms with Crippen molar-refractivity contribution >= 4 is 0 Å². The minimum Gasteiger partial charge on any atom is -0.324 e. The average Bonchev–Trinajstić information content (AvgIpc) is 1.90. The highest BCUT2D eigenvalue weighted by Crippen LogP contribution is 2.11. The van der Waals surface area contributed by atoms with Gasteiger partial charge >= 0.3 is 0 Å². The highest BCUT2D eigenvalue weighted by molar-refractivity contribution is 5.26. The van der Waals surface area contributed by atoms with Crippen molar-refractivity contribution in [2.24, 2.45) is 5.73 Å². The predicted molar refractivity (Wildman–Crippen MR) is 40.1 cm³/mol. The van der Waals surface area contributed by atoms with Crippen LogP contribution in [0.25, 0.3) is 0 Å². The van der Waals surface area contributed by atoms with Gasteiger partial charge in [-0.05, 0) is 25.3 Å². The van der Waals surface area contributed by atoms with Gasteiger partial charge in [-0.15, -0.1) is 0 Å². The van der Waals surface area contributed by atoms with Gasteiger partial charge in [-0.2, -0.15) is 0 Å². The second kappa shape index (κ2) is 2.83. The second-order valence-electron chi connectivity index (χ2n) is 2.47. The summed E-state index contributed by atoms with van der Waals surface area (Å²) < 4.78 is 0. The van der Waals surface area contributed by atoms with E-state index < -0.39 is 0 Å². The van der Waals surface area contributed by atoms with Crippen LogP contribution >= 0.6 is 0 Å². The van der Waals surface area contributed by atoms with E-state index in [2.05, 4.69) is 18.2 Å². The van der Waals surface area contributed by atoms with Crippen LogP contribution < -0.4 is 5.73 Å². The van der Waals surface area contributed by atoms with Crippen molar-refractivity contribution in [3.05, 3.63) is 23.8 Å². The van der Waals surface area contributed by atoms with E-state index in [0.717, 1.165) is 6.42 Å². The standard InChI is InChI=1S/C8H13N/c1-7(9)8-5-3-2-4-6-8/h3,5-7H,2,4,9H2,1H3. The largest absolute Gasteiger partial charge is 0.324 e. The average molecular weight is 123 g/mol. The Morgan fingerprint density at radius 1 is 1.56 bits per heavy atom. The lowest BCUT2D eigenvalue weighted by Crippen LogP contribution is -2.17. The summed E-state index contributed by atoms with van der Waals surface area (Å²) in [4.78, 5) is 0. The van der Waals surface area contributed by atoms with Gasteiger partial charge in [0, 0.05) is 6.04 Å². The van der Waals surface area contributed by atoms with E-state index in [-0.39, 0.29) is 6.04 Å². The van der Waals surface area contributed by atoms with Crippen molar-refractivity contribution in [2.45, 2.75) is 25.8 Å².